The Kier molecular flexibility index (Phi) is 4.63. The Labute approximate surface area is 138 Å². The van der Waals surface area contributed by atoms with Gasteiger partial charge in [-0.3, -0.25) is 29.0 Å². The number of imide groups is 2. The zero-order valence-electron chi connectivity index (χ0n) is 10.2. The van der Waals surface area contributed by atoms with Crippen LogP contribution in [0.3, 0.4) is 0 Å². The fourth-order valence-electron chi connectivity index (χ4n) is 1.83. The van der Waals surface area contributed by atoms with Gasteiger partial charge in [0.25, 0.3) is 23.6 Å². The predicted molar refractivity (Wildman–Crippen MR) is 75.5 cm³/mol. The van der Waals surface area contributed by atoms with E-state index in [1.165, 1.54) is 0 Å². The molecular weight excluding hydrogens is 366 g/mol. The maximum absolute atomic E-state index is 11.6. The van der Waals surface area contributed by atoms with Gasteiger partial charge in [0.1, 0.15) is 20.1 Å². The summed E-state index contributed by atoms with van der Waals surface area (Å²) in [5.74, 6) is -2.83. The molecule has 0 fully saturated rings. The lowest BCUT2D eigenvalue weighted by Gasteiger charge is -2.17. The van der Waals surface area contributed by atoms with Crippen LogP contribution in [-0.2, 0) is 19.2 Å². The van der Waals surface area contributed by atoms with Gasteiger partial charge >= 0.3 is 0 Å². The molecule has 0 spiro atoms. The first-order valence-corrected chi connectivity index (χ1v) is 7.11. The van der Waals surface area contributed by atoms with E-state index in [-0.39, 0.29) is 39.6 Å². The molecule has 0 bridgehead atoms. The van der Waals surface area contributed by atoms with Gasteiger partial charge in [0.2, 0.25) is 0 Å². The van der Waals surface area contributed by atoms with Crippen molar-refractivity contribution in [3.63, 3.8) is 0 Å². The Morgan fingerprint density at radius 1 is 0.571 bits per heavy atom. The second-order valence-electron chi connectivity index (χ2n) is 4.13. The lowest BCUT2D eigenvalue weighted by Crippen LogP contribution is -2.37. The van der Waals surface area contributed by atoms with Crippen molar-refractivity contribution >= 4 is 70.0 Å². The van der Waals surface area contributed by atoms with Gasteiger partial charge in [-0.2, -0.15) is 0 Å². The Morgan fingerprint density at radius 3 is 1.05 bits per heavy atom. The van der Waals surface area contributed by atoms with Gasteiger partial charge in [0, 0.05) is 13.1 Å². The van der Waals surface area contributed by atoms with Gasteiger partial charge < -0.3 is 0 Å². The number of rotatable bonds is 4. The first kappa shape index (κ1) is 16.3. The number of nitrogens with zero attached hydrogens (tertiary/aromatic N) is 2. The molecule has 6 nitrogen and oxygen atoms in total. The largest absolute Gasteiger partial charge is 0.274 e. The quantitative estimate of drug-likeness (QED) is 0.701. The molecule has 0 saturated carbocycles. The fraction of sp³-hybridized carbons (Fsp3) is 0.273. The standard InChI is InChI=1S/C11H6Cl4N2O4/c12-4-5(13)9(19)16(8(4)18)2-1-3-17-10(20)6(14)7(15)11(17)21/h1-3H2. The topological polar surface area (TPSA) is 74.8 Å². The first-order valence-electron chi connectivity index (χ1n) is 5.60. The van der Waals surface area contributed by atoms with E-state index in [9.17, 15) is 19.2 Å². The minimum absolute atomic E-state index is 0.0452. The first-order chi connectivity index (χ1) is 9.77. The summed E-state index contributed by atoms with van der Waals surface area (Å²) in [5, 5.41) is -1.38. The van der Waals surface area contributed by atoms with Crippen LogP contribution in [0.1, 0.15) is 6.42 Å². The summed E-state index contributed by atoms with van der Waals surface area (Å²) in [4.78, 5) is 48.2. The van der Waals surface area contributed by atoms with E-state index in [2.05, 4.69) is 0 Å². The molecule has 0 aromatic rings. The summed E-state index contributed by atoms with van der Waals surface area (Å²) in [5.41, 5.74) is 0. The number of amides is 4. The Hall–Kier alpha value is -1.08. The Bertz CT molecular complexity index is 538. The summed E-state index contributed by atoms with van der Waals surface area (Å²) in [7, 11) is 0. The van der Waals surface area contributed by atoms with E-state index in [0.717, 1.165) is 9.80 Å². The number of hydrogen-bond acceptors (Lipinski definition) is 4. The minimum Gasteiger partial charge on any atom is -0.273 e. The van der Waals surface area contributed by atoms with Crippen LogP contribution >= 0.6 is 46.4 Å². The van der Waals surface area contributed by atoms with Crippen molar-refractivity contribution in [1.82, 2.24) is 9.80 Å². The minimum atomic E-state index is -0.708. The SMILES string of the molecule is O=C1C(Cl)=C(Cl)C(=O)N1CCCN1C(=O)C(Cl)=C(Cl)C1=O. The van der Waals surface area contributed by atoms with Gasteiger partial charge in [0.05, 0.1) is 0 Å². The molecule has 2 aliphatic heterocycles. The third kappa shape index (κ3) is 2.68. The van der Waals surface area contributed by atoms with Crippen molar-refractivity contribution in [2.24, 2.45) is 0 Å². The number of halogens is 4. The predicted octanol–water partition coefficient (Wildman–Crippen LogP) is 1.49. The average Bonchev–Trinajstić information content (AvgIpc) is 2.76. The van der Waals surface area contributed by atoms with E-state index in [4.69, 9.17) is 46.4 Å². The van der Waals surface area contributed by atoms with Crippen LogP contribution < -0.4 is 0 Å². The monoisotopic (exact) mass is 370 g/mol. The average molecular weight is 372 g/mol. The number of carbonyl (C=O) groups excluding carboxylic acids is 4. The molecule has 112 valence electrons. The fourth-order valence-corrected chi connectivity index (χ4v) is 2.56. The van der Waals surface area contributed by atoms with Crippen LogP contribution in [0.25, 0.3) is 0 Å². The molecule has 10 heteroatoms. The Balaban J connectivity index is 1.93. The molecule has 21 heavy (non-hydrogen) atoms. The van der Waals surface area contributed by atoms with Gasteiger partial charge in [-0.25, -0.2) is 0 Å². The molecule has 0 saturated heterocycles. The van der Waals surface area contributed by atoms with Gasteiger partial charge in [-0.15, -0.1) is 0 Å². The second-order valence-corrected chi connectivity index (χ2v) is 5.65. The summed E-state index contributed by atoms with van der Waals surface area (Å²) < 4.78 is 0. The molecule has 0 aromatic carbocycles. The van der Waals surface area contributed by atoms with E-state index < -0.39 is 23.6 Å². The summed E-state index contributed by atoms with van der Waals surface area (Å²) in [6.45, 7) is -0.0905. The molecule has 0 aromatic heterocycles. The molecular formula is C11H6Cl4N2O4. The van der Waals surface area contributed by atoms with Gasteiger partial charge in [-0.05, 0) is 6.42 Å². The van der Waals surface area contributed by atoms with Crippen LogP contribution in [-0.4, -0.2) is 46.5 Å². The third-order valence-corrected chi connectivity index (χ3v) is 4.48. The van der Waals surface area contributed by atoms with Crippen molar-refractivity contribution in [3.8, 4) is 0 Å². The lowest BCUT2D eigenvalue weighted by atomic mass is 10.3. The molecule has 0 atom stereocenters. The van der Waals surface area contributed by atoms with Crippen molar-refractivity contribution in [1.29, 1.82) is 0 Å². The molecule has 0 N–H and O–H groups in total. The normalized spacial score (nSPS) is 19.8. The number of carbonyl (C=O) groups is 4. The van der Waals surface area contributed by atoms with Gasteiger partial charge in [-0.1, -0.05) is 46.4 Å². The van der Waals surface area contributed by atoms with Gasteiger partial charge in [0.15, 0.2) is 0 Å². The third-order valence-electron chi connectivity index (χ3n) is 2.88. The van der Waals surface area contributed by atoms with Crippen LogP contribution in [0.2, 0.25) is 0 Å². The van der Waals surface area contributed by atoms with Crippen LogP contribution in [0.5, 0.6) is 0 Å². The smallest absolute Gasteiger partial charge is 0.273 e. The highest BCUT2D eigenvalue weighted by Gasteiger charge is 2.38. The molecule has 2 heterocycles. The molecule has 2 rings (SSSR count). The Morgan fingerprint density at radius 2 is 0.810 bits per heavy atom. The van der Waals surface area contributed by atoms with E-state index in [0.29, 0.717) is 0 Å². The maximum atomic E-state index is 11.6. The van der Waals surface area contributed by atoms with E-state index in [1.54, 1.807) is 0 Å². The lowest BCUT2D eigenvalue weighted by molar-refractivity contribution is -0.137. The zero-order chi connectivity index (χ0) is 15.9. The molecule has 0 radical (unpaired) electrons. The van der Waals surface area contributed by atoms with Crippen LogP contribution in [0.15, 0.2) is 20.1 Å². The molecule has 0 unspecified atom stereocenters. The van der Waals surface area contributed by atoms with Crippen LogP contribution in [0, 0.1) is 0 Å². The summed E-state index contributed by atoms with van der Waals surface area (Å²) >= 11 is 22.3. The highest BCUT2D eigenvalue weighted by molar-refractivity contribution is 6.58. The summed E-state index contributed by atoms with van der Waals surface area (Å²) in [6.07, 6.45) is 0.150. The van der Waals surface area contributed by atoms with E-state index in [1.807, 2.05) is 0 Å². The highest BCUT2D eigenvalue weighted by atomic mass is 35.5. The van der Waals surface area contributed by atoms with Crippen molar-refractivity contribution in [2.75, 3.05) is 13.1 Å². The van der Waals surface area contributed by atoms with E-state index >= 15 is 0 Å². The van der Waals surface area contributed by atoms with Crippen molar-refractivity contribution < 1.29 is 19.2 Å². The van der Waals surface area contributed by atoms with Crippen LogP contribution in [0.4, 0.5) is 0 Å². The van der Waals surface area contributed by atoms with Crippen molar-refractivity contribution in [3.05, 3.63) is 20.1 Å². The molecule has 2 aliphatic rings. The van der Waals surface area contributed by atoms with Crippen molar-refractivity contribution in [2.45, 2.75) is 6.42 Å². The second kappa shape index (κ2) is 5.96. The highest BCUT2D eigenvalue weighted by Crippen LogP contribution is 2.28. The zero-order valence-corrected chi connectivity index (χ0v) is 13.2. The number of hydrogen-bond donors (Lipinski definition) is 0. The maximum Gasteiger partial charge on any atom is 0.274 e. The molecule has 4 amide bonds. The molecule has 0 aliphatic carbocycles. The summed E-state index contributed by atoms with van der Waals surface area (Å²) in [6, 6.07) is 0.